The first kappa shape index (κ1) is 36.2. The van der Waals surface area contributed by atoms with Gasteiger partial charge in [0.25, 0.3) is 14.3 Å². The minimum Gasteiger partial charge on any atom is -0.547 e. The van der Waals surface area contributed by atoms with Gasteiger partial charge in [0.15, 0.2) is 0 Å². The Bertz CT molecular complexity index is 981. The van der Waals surface area contributed by atoms with Gasteiger partial charge in [-0.05, 0) is 143 Å². The lowest BCUT2D eigenvalue weighted by molar-refractivity contribution is -0.136. The van der Waals surface area contributed by atoms with Gasteiger partial charge in [-0.2, -0.15) is 0 Å². The quantitative estimate of drug-likeness (QED) is 0.131. The summed E-state index contributed by atoms with van der Waals surface area (Å²) in [7, 11) is -3.67. The highest BCUT2D eigenvalue weighted by atomic mass is 28.4. The highest BCUT2D eigenvalue weighted by molar-refractivity contribution is 6.74. The van der Waals surface area contributed by atoms with Crippen molar-refractivity contribution >= 4 is 22.6 Å². The van der Waals surface area contributed by atoms with Crippen LogP contribution in [-0.4, -0.2) is 48.5 Å². The van der Waals surface area contributed by atoms with E-state index in [0.717, 1.165) is 44.0 Å². The van der Waals surface area contributed by atoms with E-state index in [-0.39, 0.29) is 5.97 Å². The van der Waals surface area contributed by atoms with Gasteiger partial charge < -0.3 is 18.3 Å². The number of carbonyl (C=O) groups is 1. The van der Waals surface area contributed by atoms with E-state index in [1.165, 1.54) is 37.9 Å². The first-order valence-electron chi connectivity index (χ1n) is 18.6. The molecule has 4 rings (SSSR count). The van der Waals surface area contributed by atoms with Crippen LogP contribution in [-0.2, 0) is 23.1 Å². The van der Waals surface area contributed by atoms with Crippen molar-refractivity contribution in [3.63, 3.8) is 0 Å². The van der Waals surface area contributed by atoms with E-state index in [2.05, 4.69) is 67.3 Å². The summed E-state index contributed by atoms with van der Waals surface area (Å²) in [6, 6.07) is 3.09. The first-order chi connectivity index (χ1) is 20.8. The van der Waals surface area contributed by atoms with E-state index in [4.69, 9.17) is 18.3 Å². The Hall–Kier alpha value is -0.636. The van der Waals surface area contributed by atoms with Gasteiger partial charge in [0.05, 0.1) is 25.1 Å². The standard InChI is InChI=1S/C37H68O5Si2/c1-11-39-23-24-40-29-19-21-36(6)28(25-29)26-33(41-43(8,9)10)35-31-17-16-30(37(31,7)22-20-32(35)36)27(5)15-18-34(38)42-44(12-2,13-3)14-4/h26-32,35H,11-25H2,1-10H3/t27-,28+,29-,30-,31+,32+,35+,36+,37-/m1/s1. The zero-order valence-corrected chi connectivity index (χ0v) is 32.3. The summed E-state index contributed by atoms with van der Waals surface area (Å²) in [6.45, 7) is 25.5. The molecule has 0 aromatic carbocycles. The van der Waals surface area contributed by atoms with Gasteiger partial charge in [-0.15, -0.1) is 0 Å². The van der Waals surface area contributed by atoms with Crippen LogP contribution in [0.25, 0.3) is 0 Å². The number of rotatable bonds is 15. The van der Waals surface area contributed by atoms with Crippen LogP contribution in [0.3, 0.4) is 0 Å². The van der Waals surface area contributed by atoms with Crippen LogP contribution < -0.4 is 0 Å². The molecule has 0 aromatic rings. The summed E-state index contributed by atoms with van der Waals surface area (Å²) in [6.07, 6.45) is 13.2. The fraction of sp³-hybridized carbons (Fsp3) is 0.919. The van der Waals surface area contributed by atoms with Gasteiger partial charge in [-0.25, -0.2) is 0 Å². The molecule has 0 bridgehead atoms. The maximum atomic E-state index is 13.0. The second kappa shape index (κ2) is 14.6. The number of allylic oxidation sites excluding steroid dienone is 2. The van der Waals surface area contributed by atoms with Crippen LogP contribution in [0.15, 0.2) is 11.8 Å². The summed E-state index contributed by atoms with van der Waals surface area (Å²) >= 11 is 0. The molecule has 5 nitrogen and oxygen atoms in total. The molecule has 0 radical (unpaired) electrons. The first-order valence-corrected chi connectivity index (χ1v) is 24.5. The molecular formula is C37H68O5Si2. The Morgan fingerprint density at radius 1 is 0.932 bits per heavy atom. The van der Waals surface area contributed by atoms with Gasteiger partial charge in [-0.3, -0.25) is 4.79 Å². The zero-order valence-electron chi connectivity index (χ0n) is 30.3. The van der Waals surface area contributed by atoms with Gasteiger partial charge in [0.2, 0.25) is 8.32 Å². The average Bonchev–Trinajstić information content (AvgIpc) is 3.34. The topological polar surface area (TPSA) is 54.0 Å². The number of carbonyl (C=O) groups excluding carboxylic acids is 1. The molecule has 0 amide bonds. The van der Waals surface area contributed by atoms with Crippen molar-refractivity contribution in [1.82, 2.24) is 0 Å². The Morgan fingerprint density at radius 2 is 1.59 bits per heavy atom. The molecule has 0 aromatic heterocycles. The minimum atomic E-state index is -1.89. The molecule has 44 heavy (non-hydrogen) atoms. The molecule has 0 heterocycles. The largest absolute Gasteiger partial charge is 0.547 e. The number of fused-ring (bicyclic) bond motifs is 5. The van der Waals surface area contributed by atoms with Gasteiger partial charge in [0, 0.05) is 18.9 Å². The molecule has 9 atom stereocenters. The molecule has 254 valence electrons. The van der Waals surface area contributed by atoms with Crippen molar-refractivity contribution in [2.45, 2.75) is 150 Å². The van der Waals surface area contributed by atoms with Crippen LogP contribution in [0, 0.1) is 46.3 Å². The third-order valence-electron chi connectivity index (χ3n) is 13.2. The molecule has 3 fully saturated rings. The van der Waals surface area contributed by atoms with E-state index in [1.807, 2.05) is 6.92 Å². The summed E-state index contributed by atoms with van der Waals surface area (Å²) in [5.74, 6) is 5.03. The second-order valence-corrected chi connectivity index (χ2v) is 25.7. The molecule has 7 heteroatoms. The lowest BCUT2D eigenvalue weighted by Gasteiger charge is -2.60. The third kappa shape index (κ3) is 7.57. The van der Waals surface area contributed by atoms with Gasteiger partial charge >= 0.3 is 0 Å². The predicted octanol–water partition coefficient (Wildman–Crippen LogP) is 9.99. The van der Waals surface area contributed by atoms with Crippen LogP contribution in [0.5, 0.6) is 0 Å². The number of hydrogen-bond donors (Lipinski definition) is 0. The maximum absolute atomic E-state index is 13.0. The molecule has 4 aliphatic rings. The molecule has 0 unspecified atom stereocenters. The molecule has 0 aliphatic heterocycles. The summed E-state index contributed by atoms with van der Waals surface area (Å²) in [5.41, 5.74) is 0.629. The number of hydrogen-bond acceptors (Lipinski definition) is 5. The summed E-state index contributed by atoms with van der Waals surface area (Å²) < 4.78 is 25.2. The van der Waals surface area contributed by atoms with Crippen LogP contribution >= 0.6 is 0 Å². The van der Waals surface area contributed by atoms with Crippen LogP contribution in [0.4, 0.5) is 0 Å². The number of ether oxygens (including phenoxy) is 2. The van der Waals surface area contributed by atoms with Crippen molar-refractivity contribution in [3.05, 3.63) is 11.8 Å². The Balaban J connectivity index is 1.50. The van der Waals surface area contributed by atoms with Crippen molar-refractivity contribution in [2.75, 3.05) is 19.8 Å². The van der Waals surface area contributed by atoms with Gasteiger partial charge in [-0.1, -0.05) is 41.5 Å². The van der Waals surface area contributed by atoms with Crippen molar-refractivity contribution in [3.8, 4) is 0 Å². The lowest BCUT2D eigenvalue weighted by atomic mass is 9.45. The minimum absolute atomic E-state index is 0.0648. The fourth-order valence-corrected chi connectivity index (χ4v) is 13.9. The highest BCUT2D eigenvalue weighted by Gasteiger charge is 2.62. The summed E-state index contributed by atoms with van der Waals surface area (Å²) in [5, 5.41) is 0. The maximum Gasteiger partial charge on any atom is 0.292 e. The van der Waals surface area contributed by atoms with Crippen molar-refractivity contribution in [1.29, 1.82) is 0 Å². The smallest absolute Gasteiger partial charge is 0.292 e. The predicted molar refractivity (Wildman–Crippen MR) is 186 cm³/mol. The molecule has 3 saturated carbocycles. The Kier molecular flexibility index (Phi) is 12.0. The molecule has 0 saturated heterocycles. The molecule has 0 N–H and O–H groups in total. The Morgan fingerprint density at radius 3 is 2.23 bits per heavy atom. The fourth-order valence-electron chi connectivity index (χ4n) is 10.4. The second-order valence-electron chi connectivity index (χ2n) is 16.6. The molecule has 0 spiro atoms. The summed E-state index contributed by atoms with van der Waals surface area (Å²) in [4.78, 5) is 13.0. The Labute approximate surface area is 273 Å². The van der Waals surface area contributed by atoms with E-state index in [1.54, 1.807) is 0 Å². The molecule has 4 aliphatic carbocycles. The molecular weight excluding hydrogens is 581 g/mol. The SMILES string of the molecule is CCOCCO[C@@H]1CC[C@@]2(C)[C@H](C=C(O[Si](C)(C)C)[C@@H]3[C@@H]2CC[C@]2(C)[C@@H]([C@H](C)CCC(=O)O[Si](CC)(CC)CC)CC[C@@H]32)C1. The van der Waals surface area contributed by atoms with E-state index >= 15 is 0 Å². The van der Waals surface area contributed by atoms with E-state index in [9.17, 15) is 4.79 Å². The normalized spacial score (nSPS) is 36.1. The van der Waals surface area contributed by atoms with E-state index < -0.39 is 16.6 Å². The van der Waals surface area contributed by atoms with Crippen molar-refractivity contribution < 1.29 is 23.1 Å². The third-order valence-corrected chi connectivity index (χ3v) is 18.6. The van der Waals surface area contributed by atoms with E-state index in [0.29, 0.717) is 72.1 Å². The monoisotopic (exact) mass is 648 g/mol. The van der Waals surface area contributed by atoms with Crippen LogP contribution in [0.2, 0.25) is 37.8 Å². The van der Waals surface area contributed by atoms with Gasteiger partial charge in [0.1, 0.15) is 0 Å². The lowest BCUT2D eigenvalue weighted by Crippen LogP contribution is -2.55. The van der Waals surface area contributed by atoms with Crippen molar-refractivity contribution in [2.24, 2.45) is 46.3 Å². The highest BCUT2D eigenvalue weighted by Crippen LogP contribution is 2.68. The average molecular weight is 649 g/mol. The van der Waals surface area contributed by atoms with Crippen LogP contribution in [0.1, 0.15) is 106 Å². The zero-order chi connectivity index (χ0) is 32.3.